The van der Waals surface area contributed by atoms with Gasteiger partial charge in [-0.3, -0.25) is 9.59 Å². The van der Waals surface area contributed by atoms with Crippen LogP contribution in [0.25, 0.3) is 5.57 Å². The van der Waals surface area contributed by atoms with Gasteiger partial charge in [0.15, 0.2) is 6.10 Å². The Bertz CT molecular complexity index is 891. The first-order chi connectivity index (χ1) is 13.9. The number of ether oxygens (including phenoxy) is 1. The monoisotopic (exact) mass is 396 g/mol. The number of carbonyl (C=O) groups excluding carboxylic acids is 2. The van der Waals surface area contributed by atoms with E-state index in [0.717, 1.165) is 24.1 Å². The Morgan fingerprint density at radius 1 is 1.14 bits per heavy atom. The lowest BCUT2D eigenvalue weighted by molar-refractivity contribution is -0.128. The third kappa shape index (κ3) is 5.67. The number of carbonyl (C=O) groups is 2. The van der Waals surface area contributed by atoms with Crippen LogP contribution in [0.15, 0.2) is 54.6 Å². The van der Waals surface area contributed by atoms with Crippen LogP contribution in [0.3, 0.4) is 0 Å². The molecular weight excluding hydrogens is 371 g/mol. The summed E-state index contributed by atoms with van der Waals surface area (Å²) in [6.45, 7) is 4.95. The van der Waals surface area contributed by atoms with Gasteiger partial charge < -0.3 is 15.0 Å². The van der Waals surface area contributed by atoms with E-state index < -0.39 is 6.10 Å². The molecule has 0 saturated carbocycles. The van der Waals surface area contributed by atoms with E-state index in [1.54, 1.807) is 26.0 Å². The van der Waals surface area contributed by atoms with Crippen molar-refractivity contribution in [1.29, 1.82) is 0 Å². The highest BCUT2D eigenvalue weighted by Crippen LogP contribution is 2.24. The Kier molecular flexibility index (Phi) is 6.65. The average Bonchev–Trinajstić information content (AvgIpc) is 2.73. The lowest BCUT2D eigenvalue weighted by Crippen LogP contribution is -2.35. The minimum absolute atomic E-state index is 0.0933. The van der Waals surface area contributed by atoms with Gasteiger partial charge in [-0.05, 0) is 54.3 Å². The minimum atomic E-state index is -0.653. The van der Waals surface area contributed by atoms with Crippen LogP contribution < -0.4 is 10.1 Å². The number of amides is 2. The second-order valence-corrected chi connectivity index (χ2v) is 7.07. The standard InChI is InChI=1S/C23H25FN2O3/c1-16(23(28)25-15-18-3-7-21(24)8-4-18)29-22-9-5-19(6-10-22)20-11-13-26(14-12-20)17(2)27/h3-11,16H,12-15H2,1-2H3,(H,25,28). The van der Waals surface area contributed by atoms with Crippen molar-refractivity contribution < 1.29 is 18.7 Å². The van der Waals surface area contributed by atoms with Gasteiger partial charge in [0.1, 0.15) is 11.6 Å². The highest BCUT2D eigenvalue weighted by molar-refractivity contribution is 5.80. The van der Waals surface area contributed by atoms with Crippen molar-refractivity contribution in [2.75, 3.05) is 13.1 Å². The first-order valence-corrected chi connectivity index (χ1v) is 9.66. The van der Waals surface area contributed by atoms with Crippen LogP contribution in [-0.4, -0.2) is 35.9 Å². The molecule has 1 aliphatic heterocycles. The number of nitrogens with zero attached hydrogens (tertiary/aromatic N) is 1. The van der Waals surface area contributed by atoms with Crippen molar-refractivity contribution in [3.63, 3.8) is 0 Å². The summed E-state index contributed by atoms with van der Waals surface area (Å²) in [6, 6.07) is 13.6. The number of benzene rings is 2. The number of hydrogen-bond donors (Lipinski definition) is 1. The first kappa shape index (κ1) is 20.6. The molecule has 0 radical (unpaired) electrons. The fourth-order valence-corrected chi connectivity index (χ4v) is 3.16. The number of hydrogen-bond acceptors (Lipinski definition) is 3. The van der Waals surface area contributed by atoms with Crippen LogP contribution >= 0.6 is 0 Å². The maximum atomic E-state index is 12.9. The highest BCUT2D eigenvalue weighted by atomic mass is 19.1. The van der Waals surface area contributed by atoms with Crippen molar-refractivity contribution in [1.82, 2.24) is 10.2 Å². The molecule has 5 nitrogen and oxygen atoms in total. The summed E-state index contributed by atoms with van der Waals surface area (Å²) in [4.78, 5) is 25.5. The molecule has 2 amide bonds. The zero-order valence-corrected chi connectivity index (χ0v) is 16.7. The van der Waals surface area contributed by atoms with E-state index in [2.05, 4.69) is 11.4 Å². The van der Waals surface area contributed by atoms with Gasteiger partial charge in [0.25, 0.3) is 5.91 Å². The molecule has 1 heterocycles. The SMILES string of the molecule is CC(=O)N1CC=C(c2ccc(OC(C)C(=O)NCc3ccc(F)cc3)cc2)CC1. The first-order valence-electron chi connectivity index (χ1n) is 9.66. The van der Waals surface area contributed by atoms with Crippen molar-refractivity contribution in [3.8, 4) is 5.75 Å². The molecule has 0 spiro atoms. The smallest absolute Gasteiger partial charge is 0.261 e. The molecule has 0 aromatic heterocycles. The lowest BCUT2D eigenvalue weighted by atomic mass is 9.99. The summed E-state index contributed by atoms with van der Waals surface area (Å²) < 4.78 is 18.7. The van der Waals surface area contributed by atoms with Crippen molar-refractivity contribution in [2.45, 2.75) is 32.9 Å². The van der Waals surface area contributed by atoms with E-state index in [1.165, 1.54) is 17.7 Å². The van der Waals surface area contributed by atoms with Gasteiger partial charge >= 0.3 is 0 Å². The molecule has 2 aromatic carbocycles. The summed E-state index contributed by atoms with van der Waals surface area (Å²) in [7, 11) is 0. The number of nitrogens with one attached hydrogen (secondary N) is 1. The van der Waals surface area contributed by atoms with Gasteiger partial charge in [-0.2, -0.15) is 0 Å². The molecule has 1 unspecified atom stereocenters. The van der Waals surface area contributed by atoms with Gasteiger partial charge in [0.2, 0.25) is 5.91 Å². The number of halogens is 1. The predicted molar refractivity (Wildman–Crippen MR) is 110 cm³/mol. The number of rotatable bonds is 6. The molecule has 1 aliphatic rings. The molecule has 0 fully saturated rings. The van der Waals surface area contributed by atoms with Crippen LogP contribution in [0.2, 0.25) is 0 Å². The molecule has 0 bridgehead atoms. The third-order valence-electron chi connectivity index (χ3n) is 4.94. The second kappa shape index (κ2) is 9.37. The molecule has 3 rings (SSSR count). The summed E-state index contributed by atoms with van der Waals surface area (Å²) in [5, 5.41) is 2.79. The maximum Gasteiger partial charge on any atom is 0.261 e. The van der Waals surface area contributed by atoms with E-state index in [1.807, 2.05) is 29.2 Å². The van der Waals surface area contributed by atoms with Crippen LogP contribution in [0.4, 0.5) is 4.39 Å². The zero-order chi connectivity index (χ0) is 20.8. The van der Waals surface area contributed by atoms with E-state index in [4.69, 9.17) is 4.74 Å². The minimum Gasteiger partial charge on any atom is -0.481 e. The second-order valence-electron chi connectivity index (χ2n) is 7.07. The van der Waals surface area contributed by atoms with E-state index in [9.17, 15) is 14.0 Å². The van der Waals surface area contributed by atoms with Crippen LogP contribution in [0.5, 0.6) is 5.75 Å². The molecule has 1 atom stereocenters. The molecule has 6 heteroatoms. The molecule has 1 N–H and O–H groups in total. The van der Waals surface area contributed by atoms with Gasteiger partial charge in [0.05, 0.1) is 0 Å². The quantitative estimate of drug-likeness (QED) is 0.813. The zero-order valence-electron chi connectivity index (χ0n) is 16.7. The Balaban J connectivity index is 1.51. The normalized spacial score (nSPS) is 14.7. The predicted octanol–water partition coefficient (Wildman–Crippen LogP) is 3.55. The van der Waals surface area contributed by atoms with E-state index in [-0.39, 0.29) is 17.6 Å². The fourth-order valence-electron chi connectivity index (χ4n) is 3.16. The van der Waals surface area contributed by atoms with E-state index in [0.29, 0.717) is 18.8 Å². The molecule has 0 aliphatic carbocycles. The molecule has 0 saturated heterocycles. The highest BCUT2D eigenvalue weighted by Gasteiger charge is 2.16. The summed E-state index contributed by atoms with van der Waals surface area (Å²) in [6.07, 6.45) is 2.24. The fraction of sp³-hybridized carbons (Fsp3) is 0.304. The lowest BCUT2D eigenvalue weighted by Gasteiger charge is -2.25. The molecule has 152 valence electrons. The topological polar surface area (TPSA) is 58.6 Å². The van der Waals surface area contributed by atoms with Gasteiger partial charge in [0, 0.05) is 26.6 Å². The Morgan fingerprint density at radius 3 is 2.41 bits per heavy atom. The van der Waals surface area contributed by atoms with Crippen LogP contribution in [0.1, 0.15) is 31.4 Å². The molecular formula is C23H25FN2O3. The maximum absolute atomic E-state index is 12.9. The summed E-state index contributed by atoms with van der Waals surface area (Å²) in [5.74, 6) is 0.161. The summed E-state index contributed by atoms with van der Waals surface area (Å²) >= 11 is 0. The van der Waals surface area contributed by atoms with Crippen LogP contribution in [0, 0.1) is 5.82 Å². The summed E-state index contributed by atoms with van der Waals surface area (Å²) in [5.41, 5.74) is 3.12. The Hall–Kier alpha value is -3.15. The van der Waals surface area contributed by atoms with Crippen molar-refractivity contribution >= 4 is 17.4 Å². The molecule has 29 heavy (non-hydrogen) atoms. The third-order valence-corrected chi connectivity index (χ3v) is 4.94. The van der Waals surface area contributed by atoms with Crippen LogP contribution in [-0.2, 0) is 16.1 Å². The Labute approximate surface area is 170 Å². The largest absolute Gasteiger partial charge is 0.481 e. The Morgan fingerprint density at radius 2 is 1.83 bits per heavy atom. The average molecular weight is 396 g/mol. The van der Waals surface area contributed by atoms with Gasteiger partial charge in [-0.1, -0.05) is 30.3 Å². The molecule has 2 aromatic rings. The van der Waals surface area contributed by atoms with Crippen molar-refractivity contribution in [2.24, 2.45) is 0 Å². The van der Waals surface area contributed by atoms with Crippen molar-refractivity contribution in [3.05, 3.63) is 71.6 Å². The van der Waals surface area contributed by atoms with Gasteiger partial charge in [-0.15, -0.1) is 0 Å². The van der Waals surface area contributed by atoms with E-state index >= 15 is 0 Å². The van der Waals surface area contributed by atoms with Gasteiger partial charge in [-0.25, -0.2) is 4.39 Å².